The minimum atomic E-state index is 0.0840. The molecular weight excluding hydrogens is 338 g/mol. The minimum absolute atomic E-state index is 0.0840. The fourth-order valence-corrected chi connectivity index (χ4v) is 2.81. The number of halogens is 1. The molecule has 25 heavy (non-hydrogen) atoms. The Morgan fingerprint density at radius 1 is 1.28 bits per heavy atom. The Balaban J connectivity index is 2.06. The lowest BCUT2D eigenvalue weighted by atomic mass is 10.0. The first-order valence-corrected chi connectivity index (χ1v) is 7.99. The summed E-state index contributed by atoms with van der Waals surface area (Å²) in [6.45, 7) is 5.67. The summed E-state index contributed by atoms with van der Waals surface area (Å²) >= 11 is 5.99. The molecule has 1 aromatic carbocycles. The van der Waals surface area contributed by atoms with E-state index in [-0.39, 0.29) is 5.28 Å². The molecule has 0 spiro atoms. The highest BCUT2D eigenvalue weighted by Gasteiger charge is 2.15. The third-order valence-electron chi connectivity index (χ3n) is 3.67. The first kappa shape index (κ1) is 16.9. The Bertz CT molecular complexity index is 1020. The van der Waals surface area contributed by atoms with Crippen LogP contribution in [-0.4, -0.2) is 19.7 Å². The molecule has 0 fully saturated rings. The summed E-state index contributed by atoms with van der Waals surface area (Å²) in [6, 6.07) is 6.05. The highest BCUT2D eigenvalue weighted by Crippen LogP contribution is 2.33. The number of benzene rings is 1. The van der Waals surface area contributed by atoms with Crippen LogP contribution in [0.2, 0.25) is 5.28 Å². The summed E-state index contributed by atoms with van der Waals surface area (Å²) in [5.41, 5.74) is 3.95. The third kappa shape index (κ3) is 3.47. The minimum Gasteiger partial charge on any atom is -0.438 e. The molecule has 2 heterocycles. The van der Waals surface area contributed by atoms with Crippen LogP contribution in [-0.2, 0) is 7.05 Å². The number of nitrogens with zero attached hydrogens (tertiary/aromatic N) is 5. The van der Waals surface area contributed by atoms with Crippen molar-refractivity contribution >= 4 is 28.7 Å². The van der Waals surface area contributed by atoms with Gasteiger partial charge in [-0.05, 0) is 67.3 Å². The summed E-state index contributed by atoms with van der Waals surface area (Å²) in [4.78, 5) is 8.30. The second-order valence-electron chi connectivity index (χ2n) is 5.86. The molecule has 7 heteroatoms. The van der Waals surface area contributed by atoms with Gasteiger partial charge in [-0.2, -0.15) is 20.3 Å². The van der Waals surface area contributed by atoms with E-state index in [4.69, 9.17) is 21.6 Å². The summed E-state index contributed by atoms with van der Waals surface area (Å²) in [7, 11) is 1.80. The molecular formula is C18H16ClN5O. The van der Waals surface area contributed by atoms with Gasteiger partial charge in [-0.15, -0.1) is 0 Å². The van der Waals surface area contributed by atoms with Crippen LogP contribution >= 0.6 is 11.6 Å². The van der Waals surface area contributed by atoms with Crippen molar-refractivity contribution in [3.63, 3.8) is 0 Å². The van der Waals surface area contributed by atoms with Crippen LogP contribution in [0.15, 0.2) is 23.9 Å². The van der Waals surface area contributed by atoms with Crippen LogP contribution in [0.25, 0.3) is 17.1 Å². The molecule has 2 aromatic heterocycles. The van der Waals surface area contributed by atoms with E-state index < -0.39 is 0 Å². The van der Waals surface area contributed by atoms with E-state index in [1.807, 2.05) is 32.1 Å². The molecule has 0 radical (unpaired) electrons. The maximum absolute atomic E-state index is 8.94. The molecule has 0 saturated carbocycles. The number of fused-ring (bicyclic) bond motifs is 1. The number of hydrogen-bond acceptors (Lipinski definition) is 5. The van der Waals surface area contributed by atoms with Crippen LogP contribution < -0.4 is 4.74 Å². The molecule has 0 aliphatic rings. The van der Waals surface area contributed by atoms with Crippen molar-refractivity contribution in [2.75, 3.05) is 0 Å². The molecule has 0 unspecified atom stereocenters. The zero-order valence-corrected chi connectivity index (χ0v) is 15.1. The average molecular weight is 354 g/mol. The van der Waals surface area contributed by atoms with Gasteiger partial charge in [0, 0.05) is 18.8 Å². The first-order chi connectivity index (χ1) is 11.9. The summed E-state index contributed by atoms with van der Waals surface area (Å²) in [6.07, 6.45) is 3.63. The summed E-state index contributed by atoms with van der Waals surface area (Å²) in [5, 5.41) is 13.9. The Morgan fingerprint density at radius 2 is 1.96 bits per heavy atom. The number of rotatable bonds is 3. The van der Waals surface area contributed by atoms with Gasteiger partial charge in [0.1, 0.15) is 11.1 Å². The van der Waals surface area contributed by atoms with Crippen molar-refractivity contribution in [2.24, 2.45) is 7.05 Å². The van der Waals surface area contributed by atoms with Gasteiger partial charge in [0.25, 0.3) is 0 Å². The molecule has 0 aliphatic carbocycles. The van der Waals surface area contributed by atoms with E-state index >= 15 is 0 Å². The lowest BCUT2D eigenvalue weighted by Gasteiger charge is -2.12. The maximum atomic E-state index is 8.94. The molecule has 3 rings (SSSR count). The number of aryl methyl sites for hydroxylation is 3. The van der Waals surface area contributed by atoms with Gasteiger partial charge in [0.15, 0.2) is 5.65 Å². The van der Waals surface area contributed by atoms with Crippen LogP contribution in [0.5, 0.6) is 11.6 Å². The van der Waals surface area contributed by atoms with Crippen LogP contribution in [0.1, 0.15) is 23.6 Å². The number of nitriles is 1. The normalized spacial score (nSPS) is 11.6. The Hall–Kier alpha value is -2.91. The summed E-state index contributed by atoms with van der Waals surface area (Å²) < 4.78 is 7.70. The smallest absolute Gasteiger partial charge is 0.234 e. The van der Waals surface area contributed by atoms with Crippen molar-refractivity contribution in [3.8, 4) is 17.7 Å². The van der Waals surface area contributed by atoms with E-state index in [2.05, 4.69) is 21.1 Å². The lowest BCUT2D eigenvalue weighted by molar-refractivity contribution is 0.461. The standard InChI is InChI=1S/C18H16ClN5O/c1-10(8-20)5-13-6-11(2)15(12(3)7-13)25-17-14-9-24(4)23-16(14)21-18(19)22-17/h5-7,9H,1-4H3/b10-5+. The number of aromatic nitrogens is 4. The topological polar surface area (TPSA) is 76.6 Å². The molecule has 3 aromatic rings. The SMILES string of the molecule is C/C(C#N)=C\c1cc(C)c(Oc2nc(Cl)nc3nn(C)cc23)c(C)c1. The third-order valence-corrected chi connectivity index (χ3v) is 3.84. The Labute approximate surface area is 150 Å². The van der Waals surface area contributed by atoms with Crippen molar-refractivity contribution < 1.29 is 4.74 Å². The second-order valence-corrected chi connectivity index (χ2v) is 6.20. The quantitative estimate of drug-likeness (QED) is 0.516. The number of hydrogen-bond donors (Lipinski definition) is 0. The predicted molar refractivity (Wildman–Crippen MR) is 96.6 cm³/mol. The molecule has 6 nitrogen and oxygen atoms in total. The fraction of sp³-hybridized carbons (Fsp3) is 0.222. The maximum Gasteiger partial charge on any atom is 0.234 e. The summed E-state index contributed by atoms with van der Waals surface area (Å²) in [5.74, 6) is 1.07. The predicted octanol–water partition coefficient (Wildman–Crippen LogP) is 4.35. The van der Waals surface area contributed by atoms with Gasteiger partial charge in [-0.25, -0.2) is 0 Å². The molecule has 0 amide bonds. The van der Waals surface area contributed by atoms with Gasteiger partial charge < -0.3 is 4.74 Å². The van der Waals surface area contributed by atoms with Gasteiger partial charge in [0.05, 0.1) is 6.07 Å². The van der Waals surface area contributed by atoms with E-state index in [1.54, 1.807) is 24.9 Å². The molecule has 0 aliphatic heterocycles. The number of ether oxygens (including phenoxy) is 1. The van der Waals surface area contributed by atoms with Crippen molar-refractivity contribution in [1.29, 1.82) is 5.26 Å². The number of allylic oxidation sites excluding steroid dienone is 1. The van der Waals surface area contributed by atoms with Crippen molar-refractivity contribution in [1.82, 2.24) is 19.7 Å². The van der Waals surface area contributed by atoms with Gasteiger partial charge in [-0.1, -0.05) is 0 Å². The van der Waals surface area contributed by atoms with Crippen molar-refractivity contribution in [2.45, 2.75) is 20.8 Å². The van der Waals surface area contributed by atoms with E-state index in [0.717, 1.165) is 16.7 Å². The Kier molecular flexibility index (Phi) is 4.43. The average Bonchev–Trinajstić information content (AvgIpc) is 2.90. The van der Waals surface area contributed by atoms with Gasteiger partial charge >= 0.3 is 0 Å². The highest BCUT2D eigenvalue weighted by molar-refractivity contribution is 6.28. The van der Waals surface area contributed by atoms with E-state index in [1.165, 1.54) is 0 Å². The second kappa shape index (κ2) is 6.54. The molecule has 126 valence electrons. The molecule has 0 saturated heterocycles. The molecule has 0 N–H and O–H groups in total. The van der Waals surface area contributed by atoms with E-state index in [0.29, 0.717) is 28.2 Å². The van der Waals surface area contributed by atoms with Gasteiger partial charge in [-0.3, -0.25) is 4.68 Å². The fourth-order valence-electron chi connectivity index (χ4n) is 2.65. The molecule has 0 atom stereocenters. The van der Waals surface area contributed by atoms with Crippen LogP contribution in [0.4, 0.5) is 0 Å². The zero-order chi connectivity index (χ0) is 18.1. The van der Waals surface area contributed by atoms with E-state index in [9.17, 15) is 0 Å². The molecule has 0 bridgehead atoms. The van der Waals surface area contributed by atoms with Crippen LogP contribution in [0.3, 0.4) is 0 Å². The first-order valence-electron chi connectivity index (χ1n) is 7.62. The lowest BCUT2D eigenvalue weighted by Crippen LogP contribution is -1.96. The largest absolute Gasteiger partial charge is 0.438 e. The highest BCUT2D eigenvalue weighted by atomic mass is 35.5. The van der Waals surface area contributed by atoms with Crippen LogP contribution in [0, 0.1) is 25.2 Å². The van der Waals surface area contributed by atoms with Gasteiger partial charge in [0.2, 0.25) is 11.2 Å². The van der Waals surface area contributed by atoms with Crippen molar-refractivity contribution in [3.05, 3.63) is 45.9 Å². The zero-order valence-electron chi connectivity index (χ0n) is 14.3. The Morgan fingerprint density at radius 3 is 2.60 bits per heavy atom. The monoisotopic (exact) mass is 353 g/mol.